The summed E-state index contributed by atoms with van der Waals surface area (Å²) in [6, 6.07) is 8.75. The molecule has 1 aliphatic heterocycles. The zero-order valence-corrected chi connectivity index (χ0v) is 13.9. The number of esters is 1. The number of cyclic esters (lactones) is 1. The van der Waals surface area contributed by atoms with Crippen LogP contribution in [-0.2, 0) is 9.53 Å². The Kier molecular flexibility index (Phi) is 4.36. The molecular formula is C16H12ClNO4S. The quantitative estimate of drug-likeness (QED) is 0.623. The molecule has 7 heteroatoms. The second-order valence-electron chi connectivity index (χ2n) is 4.58. The van der Waals surface area contributed by atoms with Crippen molar-refractivity contribution in [3.63, 3.8) is 0 Å². The van der Waals surface area contributed by atoms with Gasteiger partial charge in [0.25, 0.3) is 0 Å². The van der Waals surface area contributed by atoms with Crippen LogP contribution in [0.2, 0.25) is 4.34 Å². The van der Waals surface area contributed by atoms with Gasteiger partial charge in [0.05, 0.1) is 18.6 Å². The third-order valence-corrected chi connectivity index (χ3v) is 4.27. The van der Waals surface area contributed by atoms with E-state index in [1.165, 1.54) is 11.3 Å². The van der Waals surface area contributed by atoms with E-state index in [9.17, 15) is 4.79 Å². The van der Waals surface area contributed by atoms with Crippen molar-refractivity contribution in [1.29, 1.82) is 0 Å². The van der Waals surface area contributed by atoms with E-state index >= 15 is 0 Å². The third kappa shape index (κ3) is 3.38. The van der Waals surface area contributed by atoms with Gasteiger partial charge in [-0.05, 0) is 30.3 Å². The standard InChI is InChI=1S/C16H12ClNO4S/c1-20-10-5-9(6-11(7-10)21-2)15-18-13(16(19)22-15)8-12-3-4-14(17)23-12/h3-8H,1-2H3. The number of aliphatic imine (C=N–C) groups is 1. The van der Waals surface area contributed by atoms with Crippen molar-refractivity contribution in [3.8, 4) is 11.5 Å². The van der Waals surface area contributed by atoms with Gasteiger partial charge in [-0.3, -0.25) is 0 Å². The first-order chi connectivity index (χ1) is 11.1. The monoisotopic (exact) mass is 349 g/mol. The maximum Gasteiger partial charge on any atom is 0.363 e. The SMILES string of the molecule is COc1cc(OC)cc(C2=NC(=Cc3ccc(Cl)s3)C(=O)O2)c1. The third-order valence-electron chi connectivity index (χ3n) is 3.09. The molecule has 1 aliphatic rings. The van der Waals surface area contributed by atoms with Crippen LogP contribution in [0.5, 0.6) is 11.5 Å². The predicted octanol–water partition coefficient (Wildman–Crippen LogP) is 3.76. The molecule has 118 valence electrons. The lowest BCUT2D eigenvalue weighted by atomic mass is 10.2. The number of carbonyl (C=O) groups is 1. The first kappa shape index (κ1) is 15.6. The topological polar surface area (TPSA) is 57.1 Å². The van der Waals surface area contributed by atoms with Crippen LogP contribution < -0.4 is 9.47 Å². The van der Waals surface area contributed by atoms with E-state index in [0.717, 1.165) is 4.88 Å². The average Bonchev–Trinajstić information content (AvgIpc) is 3.13. The molecule has 1 aromatic heterocycles. The number of hydrogen-bond acceptors (Lipinski definition) is 6. The van der Waals surface area contributed by atoms with Crippen molar-refractivity contribution in [3.05, 3.63) is 50.8 Å². The second-order valence-corrected chi connectivity index (χ2v) is 6.33. The van der Waals surface area contributed by atoms with E-state index < -0.39 is 5.97 Å². The van der Waals surface area contributed by atoms with E-state index in [0.29, 0.717) is 21.4 Å². The maximum absolute atomic E-state index is 12.0. The summed E-state index contributed by atoms with van der Waals surface area (Å²) in [4.78, 5) is 17.1. The van der Waals surface area contributed by atoms with Crippen LogP contribution >= 0.6 is 22.9 Å². The first-order valence-electron chi connectivity index (χ1n) is 6.60. The van der Waals surface area contributed by atoms with Crippen molar-refractivity contribution < 1.29 is 19.0 Å². The minimum absolute atomic E-state index is 0.209. The molecule has 0 spiro atoms. The van der Waals surface area contributed by atoms with Gasteiger partial charge in [-0.1, -0.05) is 11.6 Å². The van der Waals surface area contributed by atoms with Crippen LogP contribution in [0, 0.1) is 0 Å². The molecule has 0 radical (unpaired) electrons. The van der Waals surface area contributed by atoms with Crippen molar-refractivity contribution in [2.45, 2.75) is 0 Å². The smallest absolute Gasteiger partial charge is 0.363 e. The fourth-order valence-electron chi connectivity index (χ4n) is 2.00. The molecule has 3 rings (SSSR count). The van der Waals surface area contributed by atoms with Gasteiger partial charge < -0.3 is 14.2 Å². The largest absolute Gasteiger partial charge is 0.497 e. The number of thiophene rings is 1. The molecular weight excluding hydrogens is 338 g/mol. The molecule has 0 saturated heterocycles. The summed E-state index contributed by atoms with van der Waals surface area (Å²) in [6.07, 6.45) is 1.64. The number of nitrogens with zero attached hydrogens (tertiary/aromatic N) is 1. The number of hydrogen-bond donors (Lipinski definition) is 0. The van der Waals surface area contributed by atoms with Crippen LogP contribution in [0.15, 0.2) is 41.0 Å². The van der Waals surface area contributed by atoms with Gasteiger partial charge in [0.2, 0.25) is 5.90 Å². The van der Waals surface area contributed by atoms with Gasteiger partial charge in [0, 0.05) is 16.5 Å². The van der Waals surface area contributed by atoms with Gasteiger partial charge in [-0.15, -0.1) is 11.3 Å². The highest BCUT2D eigenvalue weighted by Gasteiger charge is 2.25. The van der Waals surface area contributed by atoms with Crippen molar-refractivity contribution in [2.75, 3.05) is 14.2 Å². The molecule has 0 fully saturated rings. The maximum atomic E-state index is 12.0. The number of methoxy groups -OCH3 is 2. The Morgan fingerprint density at radius 1 is 1.17 bits per heavy atom. The minimum atomic E-state index is -0.508. The molecule has 0 aliphatic carbocycles. The van der Waals surface area contributed by atoms with Gasteiger partial charge in [0.15, 0.2) is 5.70 Å². The summed E-state index contributed by atoms with van der Waals surface area (Å²) in [5.74, 6) is 0.869. The molecule has 0 unspecified atom stereocenters. The molecule has 0 saturated carbocycles. The molecule has 0 atom stereocenters. The highest BCUT2D eigenvalue weighted by atomic mass is 35.5. The number of carbonyl (C=O) groups excluding carboxylic acids is 1. The van der Waals surface area contributed by atoms with Gasteiger partial charge in [0.1, 0.15) is 11.5 Å². The summed E-state index contributed by atoms with van der Waals surface area (Å²) in [7, 11) is 3.10. The molecule has 0 amide bonds. The molecule has 2 heterocycles. The van der Waals surface area contributed by atoms with E-state index in [2.05, 4.69) is 4.99 Å². The molecule has 0 N–H and O–H groups in total. The highest BCUT2D eigenvalue weighted by molar-refractivity contribution is 7.17. The first-order valence-corrected chi connectivity index (χ1v) is 7.80. The van der Waals surface area contributed by atoms with Crippen molar-refractivity contribution >= 4 is 40.9 Å². The fourth-order valence-corrected chi connectivity index (χ4v) is 3.00. The molecule has 1 aromatic carbocycles. The molecule has 0 bridgehead atoms. The van der Waals surface area contributed by atoms with Crippen molar-refractivity contribution in [1.82, 2.24) is 0 Å². The predicted molar refractivity (Wildman–Crippen MR) is 89.5 cm³/mol. The number of halogens is 1. The Bertz CT molecular complexity index is 803. The lowest BCUT2D eigenvalue weighted by Gasteiger charge is -2.07. The van der Waals surface area contributed by atoms with Crippen LogP contribution in [0.25, 0.3) is 6.08 Å². The van der Waals surface area contributed by atoms with Crippen molar-refractivity contribution in [2.24, 2.45) is 4.99 Å². The Morgan fingerprint density at radius 3 is 2.43 bits per heavy atom. The van der Waals surface area contributed by atoms with E-state index in [-0.39, 0.29) is 11.6 Å². The fraction of sp³-hybridized carbons (Fsp3) is 0.125. The second kappa shape index (κ2) is 6.44. The van der Waals surface area contributed by atoms with Crippen LogP contribution in [0.1, 0.15) is 10.4 Å². The van der Waals surface area contributed by atoms with E-state index in [1.807, 2.05) is 6.07 Å². The van der Waals surface area contributed by atoms with Gasteiger partial charge in [-0.25, -0.2) is 9.79 Å². The number of rotatable bonds is 4. The van der Waals surface area contributed by atoms with Crippen LogP contribution in [0.3, 0.4) is 0 Å². The summed E-state index contributed by atoms with van der Waals surface area (Å²) in [5.41, 5.74) is 0.822. The Labute approximate surface area is 141 Å². The number of benzene rings is 1. The summed E-state index contributed by atoms with van der Waals surface area (Å²) in [5, 5.41) is 0. The lowest BCUT2D eigenvalue weighted by Crippen LogP contribution is -2.06. The van der Waals surface area contributed by atoms with Crippen LogP contribution in [-0.4, -0.2) is 26.1 Å². The Morgan fingerprint density at radius 2 is 1.87 bits per heavy atom. The minimum Gasteiger partial charge on any atom is -0.497 e. The zero-order chi connectivity index (χ0) is 16.4. The summed E-state index contributed by atoms with van der Waals surface area (Å²) in [6.45, 7) is 0. The van der Waals surface area contributed by atoms with E-state index in [4.69, 9.17) is 25.8 Å². The highest BCUT2D eigenvalue weighted by Crippen LogP contribution is 2.28. The molecule has 5 nitrogen and oxygen atoms in total. The zero-order valence-electron chi connectivity index (χ0n) is 12.3. The number of ether oxygens (including phenoxy) is 3. The molecule has 2 aromatic rings. The van der Waals surface area contributed by atoms with Gasteiger partial charge >= 0.3 is 5.97 Å². The van der Waals surface area contributed by atoms with Crippen LogP contribution in [0.4, 0.5) is 0 Å². The summed E-state index contributed by atoms with van der Waals surface area (Å²) < 4.78 is 16.3. The van der Waals surface area contributed by atoms with Gasteiger partial charge in [-0.2, -0.15) is 0 Å². The molecule has 23 heavy (non-hydrogen) atoms. The average molecular weight is 350 g/mol. The van der Waals surface area contributed by atoms with E-state index in [1.54, 1.807) is 44.6 Å². The lowest BCUT2D eigenvalue weighted by molar-refractivity contribution is -0.129. The Hall–Kier alpha value is -2.31. The Balaban J connectivity index is 1.96. The normalized spacial score (nSPS) is 15.5. The summed E-state index contributed by atoms with van der Waals surface area (Å²) >= 11 is 7.24.